The Morgan fingerprint density at radius 2 is 2.04 bits per heavy atom. The molecular formula is C15H17F2N5S. The molecule has 2 aromatic rings. The molecule has 0 radical (unpaired) electrons. The first kappa shape index (κ1) is 15.9. The van der Waals surface area contributed by atoms with Crippen LogP contribution in [0.15, 0.2) is 28.8 Å². The van der Waals surface area contributed by atoms with Crippen LogP contribution < -0.4 is 11.2 Å². The number of aromatic nitrogens is 3. The molecule has 1 aromatic carbocycles. The van der Waals surface area contributed by atoms with Gasteiger partial charge < -0.3 is 5.73 Å². The van der Waals surface area contributed by atoms with Crippen LogP contribution >= 0.6 is 11.8 Å². The zero-order valence-electron chi connectivity index (χ0n) is 12.4. The number of rotatable bonds is 6. The van der Waals surface area contributed by atoms with Gasteiger partial charge in [0.1, 0.15) is 11.6 Å². The maximum atomic E-state index is 13.9. The summed E-state index contributed by atoms with van der Waals surface area (Å²) in [5.41, 5.74) is 9.47. The highest BCUT2D eigenvalue weighted by molar-refractivity contribution is 8.02. The lowest BCUT2D eigenvalue weighted by Crippen LogP contribution is -2.20. The first-order valence-corrected chi connectivity index (χ1v) is 8.30. The average Bonchev–Trinajstić information content (AvgIpc) is 2.94. The quantitative estimate of drug-likeness (QED) is 0.793. The molecule has 0 atom stereocenters. The Labute approximate surface area is 136 Å². The van der Waals surface area contributed by atoms with E-state index in [1.807, 2.05) is 0 Å². The lowest BCUT2D eigenvalue weighted by molar-refractivity contribution is 0.580. The van der Waals surface area contributed by atoms with Gasteiger partial charge in [-0.15, -0.1) is 10.2 Å². The van der Waals surface area contributed by atoms with Gasteiger partial charge in [-0.2, -0.15) is 0 Å². The lowest BCUT2D eigenvalue weighted by atomic mass is 10.1. The van der Waals surface area contributed by atoms with Crippen LogP contribution in [0.25, 0.3) is 5.70 Å². The van der Waals surface area contributed by atoms with Gasteiger partial charge in [0.05, 0.1) is 5.70 Å². The second-order valence-electron chi connectivity index (χ2n) is 5.22. The van der Waals surface area contributed by atoms with Gasteiger partial charge in [-0.1, -0.05) is 18.2 Å². The molecule has 0 saturated carbocycles. The number of hydrogen-bond donors (Lipinski definition) is 2. The molecule has 1 aliphatic rings. The summed E-state index contributed by atoms with van der Waals surface area (Å²) < 4.78 is 28.7. The van der Waals surface area contributed by atoms with Crippen LogP contribution in [-0.4, -0.2) is 21.4 Å². The summed E-state index contributed by atoms with van der Waals surface area (Å²) in [6.07, 6.45) is 3.74. The van der Waals surface area contributed by atoms with Gasteiger partial charge in [-0.3, -0.25) is 5.43 Å². The lowest BCUT2D eigenvalue weighted by Gasteiger charge is -2.19. The van der Waals surface area contributed by atoms with E-state index in [1.165, 1.54) is 23.9 Å². The molecule has 0 fully saturated rings. The maximum Gasteiger partial charge on any atom is 0.214 e. The van der Waals surface area contributed by atoms with E-state index in [1.54, 1.807) is 10.1 Å². The van der Waals surface area contributed by atoms with Crippen LogP contribution in [0.1, 0.15) is 30.7 Å². The zero-order chi connectivity index (χ0) is 16.2. The number of nitrogens with one attached hydrogen (secondary N) is 1. The van der Waals surface area contributed by atoms with Crippen molar-refractivity contribution in [1.29, 1.82) is 0 Å². The standard InChI is InChI=1S/C15H17F2N5S/c16-10-5-6-11(12(17)8-10)13-9-23-15-20-19-14(22(15)21-13)4-2-1-3-7-18/h5-6,8-9,21H,1-4,7,18H2. The van der Waals surface area contributed by atoms with Gasteiger partial charge >= 0.3 is 0 Å². The van der Waals surface area contributed by atoms with Gasteiger partial charge in [0.25, 0.3) is 0 Å². The van der Waals surface area contributed by atoms with Crippen molar-refractivity contribution in [2.75, 3.05) is 12.0 Å². The molecule has 122 valence electrons. The molecule has 0 aliphatic carbocycles. The fourth-order valence-electron chi connectivity index (χ4n) is 2.35. The molecule has 23 heavy (non-hydrogen) atoms. The van der Waals surface area contributed by atoms with Crippen LogP contribution in [-0.2, 0) is 6.42 Å². The van der Waals surface area contributed by atoms with Crippen molar-refractivity contribution in [2.24, 2.45) is 5.73 Å². The van der Waals surface area contributed by atoms with Crippen molar-refractivity contribution >= 4 is 17.5 Å². The smallest absolute Gasteiger partial charge is 0.214 e. The van der Waals surface area contributed by atoms with Crippen LogP contribution in [0.4, 0.5) is 8.78 Å². The third-order valence-corrected chi connectivity index (χ3v) is 4.37. The van der Waals surface area contributed by atoms with Gasteiger partial charge in [0, 0.05) is 23.5 Å². The molecule has 1 aliphatic heterocycles. The minimum absolute atomic E-state index is 0.312. The van der Waals surface area contributed by atoms with E-state index in [2.05, 4.69) is 15.6 Å². The number of hydrogen-bond acceptors (Lipinski definition) is 5. The number of fused-ring (bicyclic) bond motifs is 1. The number of benzene rings is 1. The number of halogens is 2. The highest BCUT2D eigenvalue weighted by Crippen LogP contribution is 2.30. The monoisotopic (exact) mass is 337 g/mol. The van der Waals surface area contributed by atoms with E-state index in [0.29, 0.717) is 23.0 Å². The Morgan fingerprint density at radius 1 is 1.17 bits per heavy atom. The maximum absolute atomic E-state index is 13.9. The molecular weight excluding hydrogens is 320 g/mol. The largest absolute Gasteiger partial charge is 0.330 e. The molecule has 2 heterocycles. The van der Waals surface area contributed by atoms with Crippen molar-refractivity contribution in [1.82, 2.24) is 14.9 Å². The summed E-state index contributed by atoms with van der Waals surface area (Å²) in [7, 11) is 0. The zero-order valence-corrected chi connectivity index (χ0v) is 13.2. The summed E-state index contributed by atoms with van der Waals surface area (Å²) in [6, 6.07) is 3.53. The van der Waals surface area contributed by atoms with E-state index in [-0.39, 0.29) is 0 Å². The summed E-state index contributed by atoms with van der Waals surface area (Å²) >= 11 is 1.35. The van der Waals surface area contributed by atoms with Crippen molar-refractivity contribution < 1.29 is 8.78 Å². The number of nitrogens with zero attached hydrogens (tertiary/aromatic N) is 3. The topological polar surface area (TPSA) is 68.8 Å². The molecule has 3 rings (SSSR count). The van der Waals surface area contributed by atoms with E-state index in [9.17, 15) is 8.78 Å². The van der Waals surface area contributed by atoms with E-state index in [0.717, 1.165) is 37.6 Å². The normalized spacial score (nSPS) is 13.4. The predicted octanol–water partition coefficient (Wildman–Crippen LogP) is 2.88. The van der Waals surface area contributed by atoms with Crippen molar-refractivity contribution in [3.05, 3.63) is 46.6 Å². The summed E-state index contributed by atoms with van der Waals surface area (Å²) in [5, 5.41) is 10.7. The van der Waals surface area contributed by atoms with Gasteiger partial charge in [-0.25, -0.2) is 13.5 Å². The third-order valence-electron chi connectivity index (χ3n) is 3.54. The molecule has 8 heteroatoms. The van der Waals surface area contributed by atoms with Crippen molar-refractivity contribution in [3.63, 3.8) is 0 Å². The first-order valence-electron chi connectivity index (χ1n) is 7.42. The molecule has 0 bridgehead atoms. The minimum Gasteiger partial charge on any atom is -0.330 e. The first-order chi connectivity index (χ1) is 11.2. The van der Waals surface area contributed by atoms with Crippen LogP contribution in [0.3, 0.4) is 0 Å². The molecule has 0 unspecified atom stereocenters. The molecule has 0 amide bonds. The van der Waals surface area contributed by atoms with E-state index < -0.39 is 11.6 Å². The van der Waals surface area contributed by atoms with Crippen LogP contribution in [0, 0.1) is 11.6 Å². The third kappa shape index (κ3) is 3.53. The van der Waals surface area contributed by atoms with Gasteiger partial charge in [0.2, 0.25) is 5.16 Å². The SMILES string of the molecule is NCCCCCc1nnc2n1NC(c1ccc(F)cc1F)=CS2. The Kier molecular flexibility index (Phi) is 4.92. The van der Waals surface area contributed by atoms with E-state index >= 15 is 0 Å². The summed E-state index contributed by atoms with van der Waals surface area (Å²) in [5.74, 6) is -0.413. The number of nitrogens with two attached hydrogens (primary N) is 1. The van der Waals surface area contributed by atoms with Gasteiger partial charge in [0.15, 0.2) is 5.82 Å². The molecule has 3 N–H and O–H groups in total. The fourth-order valence-corrected chi connectivity index (χ4v) is 3.09. The fraction of sp³-hybridized carbons (Fsp3) is 0.333. The number of thioether (sulfide) groups is 1. The highest BCUT2D eigenvalue weighted by atomic mass is 32.2. The number of aryl methyl sites for hydroxylation is 1. The Hall–Kier alpha value is -1.93. The average molecular weight is 337 g/mol. The van der Waals surface area contributed by atoms with Crippen molar-refractivity contribution in [2.45, 2.75) is 30.8 Å². The van der Waals surface area contributed by atoms with E-state index in [4.69, 9.17) is 5.73 Å². The molecule has 0 spiro atoms. The second kappa shape index (κ2) is 7.10. The molecule has 5 nitrogen and oxygen atoms in total. The molecule has 0 saturated heterocycles. The Morgan fingerprint density at radius 3 is 2.83 bits per heavy atom. The number of unbranched alkanes of at least 4 members (excludes halogenated alkanes) is 2. The Bertz CT molecular complexity index is 729. The van der Waals surface area contributed by atoms with Crippen LogP contribution in [0.2, 0.25) is 0 Å². The highest BCUT2D eigenvalue weighted by Gasteiger charge is 2.19. The summed E-state index contributed by atoms with van der Waals surface area (Å²) in [4.78, 5) is 0. The van der Waals surface area contributed by atoms with Crippen LogP contribution in [0.5, 0.6) is 0 Å². The van der Waals surface area contributed by atoms with Crippen molar-refractivity contribution in [3.8, 4) is 0 Å². The Balaban J connectivity index is 1.75. The summed E-state index contributed by atoms with van der Waals surface area (Å²) in [6.45, 7) is 0.683. The molecule has 1 aromatic heterocycles. The van der Waals surface area contributed by atoms with Gasteiger partial charge in [-0.05, 0) is 31.5 Å². The minimum atomic E-state index is -0.606. The second-order valence-corrected chi connectivity index (χ2v) is 6.06. The predicted molar refractivity (Wildman–Crippen MR) is 86.2 cm³/mol.